The smallest absolute Gasteiger partial charge is 0.141 e. The summed E-state index contributed by atoms with van der Waals surface area (Å²) in [5.41, 5.74) is 2.07. The first-order chi connectivity index (χ1) is 10.0. The molecule has 0 aliphatic heterocycles. The minimum atomic E-state index is -0.382. The lowest BCUT2D eigenvalue weighted by Crippen LogP contribution is -2.24. The molecule has 21 heavy (non-hydrogen) atoms. The van der Waals surface area contributed by atoms with Gasteiger partial charge in [0.05, 0.1) is 16.8 Å². The zero-order chi connectivity index (χ0) is 15.0. The van der Waals surface area contributed by atoms with E-state index in [2.05, 4.69) is 24.5 Å². The van der Waals surface area contributed by atoms with Crippen LogP contribution in [0.3, 0.4) is 0 Å². The van der Waals surface area contributed by atoms with Crippen molar-refractivity contribution in [3.8, 4) is 0 Å². The van der Waals surface area contributed by atoms with Crippen LogP contribution in [0.5, 0.6) is 0 Å². The van der Waals surface area contributed by atoms with Gasteiger partial charge in [0.1, 0.15) is 10.8 Å². The average Bonchev–Trinajstić information content (AvgIpc) is 3.13. The van der Waals surface area contributed by atoms with Gasteiger partial charge in [-0.25, -0.2) is 9.37 Å². The molecule has 0 spiro atoms. The van der Waals surface area contributed by atoms with E-state index in [-0.39, 0.29) is 16.9 Å². The first kappa shape index (κ1) is 14.9. The van der Waals surface area contributed by atoms with E-state index >= 15 is 0 Å². The van der Waals surface area contributed by atoms with Crippen molar-refractivity contribution >= 4 is 22.9 Å². The number of thiazole rings is 1. The highest BCUT2D eigenvalue weighted by atomic mass is 35.5. The van der Waals surface area contributed by atoms with E-state index in [0.29, 0.717) is 12.0 Å². The SMILES string of the molecule is CC(C)c1csc(C(NC2CC2)c2ccc(F)c(Cl)c2)n1. The van der Waals surface area contributed by atoms with Gasteiger partial charge < -0.3 is 5.32 Å². The summed E-state index contributed by atoms with van der Waals surface area (Å²) in [4.78, 5) is 4.74. The van der Waals surface area contributed by atoms with E-state index in [1.807, 2.05) is 0 Å². The number of aromatic nitrogens is 1. The van der Waals surface area contributed by atoms with Gasteiger partial charge in [-0.2, -0.15) is 0 Å². The van der Waals surface area contributed by atoms with E-state index in [9.17, 15) is 4.39 Å². The summed E-state index contributed by atoms with van der Waals surface area (Å²) < 4.78 is 13.4. The highest BCUT2D eigenvalue weighted by Crippen LogP contribution is 2.33. The zero-order valence-corrected chi connectivity index (χ0v) is 13.6. The van der Waals surface area contributed by atoms with Crippen LogP contribution in [-0.2, 0) is 0 Å². The highest BCUT2D eigenvalue weighted by molar-refractivity contribution is 7.09. The van der Waals surface area contributed by atoms with Crippen molar-refractivity contribution < 1.29 is 4.39 Å². The number of hydrogen-bond donors (Lipinski definition) is 1. The predicted octanol–water partition coefficient (Wildman–Crippen LogP) is 4.90. The summed E-state index contributed by atoms with van der Waals surface area (Å²) >= 11 is 7.58. The van der Waals surface area contributed by atoms with Gasteiger partial charge in [-0.15, -0.1) is 11.3 Å². The quantitative estimate of drug-likeness (QED) is 0.846. The second kappa shape index (κ2) is 6.03. The summed E-state index contributed by atoms with van der Waals surface area (Å²) in [6.45, 7) is 4.27. The maximum absolute atomic E-state index is 13.4. The van der Waals surface area contributed by atoms with Crippen LogP contribution in [-0.4, -0.2) is 11.0 Å². The molecule has 1 saturated carbocycles. The van der Waals surface area contributed by atoms with Crippen LogP contribution < -0.4 is 5.32 Å². The number of nitrogens with zero attached hydrogens (tertiary/aromatic N) is 1. The molecule has 1 aliphatic rings. The fourth-order valence-electron chi connectivity index (χ4n) is 2.19. The molecule has 1 aliphatic carbocycles. The molecule has 0 radical (unpaired) electrons. The molecule has 1 aromatic heterocycles. The van der Waals surface area contributed by atoms with Crippen molar-refractivity contribution in [3.05, 3.63) is 50.7 Å². The van der Waals surface area contributed by atoms with Gasteiger partial charge in [0.2, 0.25) is 0 Å². The van der Waals surface area contributed by atoms with Crippen molar-refractivity contribution in [2.45, 2.75) is 44.7 Å². The molecule has 1 atom stereocenters. The van der Waals surface area contributed by atoms with Crippen LogP contribution >= 0.6 is 22.9 Å². The Morgan fingerprint density at radius 2 is 2.14 bits per heavy atom. The molecular formula is C16H18ClFN2S. The largest absolute Gasteiger partial charge is 0.301 e. The Morgan fingerprint density at radius 1 is 1.38 bits per heavy atom. The Balaban J connectivity index is 1.93. The highest BCUT2D eigenvalue weighted by Gasteiger charge is 2.28. The Hall–Kier alpha value is -0.970. The molecular weight excluding hydrogens is 307 g/mol. The fraction of sp³-hybridized carbons (Fsp3) is 0.438. The molecule has 1 unspecified atom stereocenters. The number of halogens is 2. The molecule has 1 fully saturated rings. The third-order valence-corrected chi connectivity index (χ3v) is 4.85. The van der Waals surface area contributed by atoms with Gasteiger partial charge >= 0.3 is 0 Å². The molecule has 1 aromatic carbocycles. The monoisotopic (exact) mass is 324 g/mol. The minimum Gasteiger partial charge on any atom is -0.301 e. The standard InChI is InChI=1S/C16H18ClFN2S/c1-9(2)14-8-21-16(20-14)15(19-11-4-5-11)10-3-6-13(18)12(17)7-10/h3,6-9,11,15,19H,4-5H2,1-2H3. The Kier molecular flexibility index (Phi) is 4.29. The number of benzene rings is 1. The molecule has 1 N–H and O–H groups in total. The van der Waals surface area contributed by atoms with Gasteiger partial charge in [0.25, 0.3) is 0 Å². The fourth-order valence-corrected chi connectivity index (χ4v) is 3.44. The number of nitrogens with one attached hydrogen (secondary N) is 1. The number of hydrogen-bond acceptors (Lipinski definition) is 3. The van der Waals surface area contributed by atoms with Gasteiger partial charge in [0.15, 0.2) is 0 Å². The normalized spacial score (nSPS) is 16.4. The maximum Gasteiger partial charge on any atom is 0.141 e. The van der Waals surface area contributed by atoms with E-state index in [4.69, 9.17) is 16.6 Å². The molecule has 112 valence electrons. The molecule has 5 heteroatoms. The van der Waals surface area contributed by atoms with Crippen molar-refractivity contribution in [1.82, 2.24) is 10.3 Å². The van der Waals surface area contributed by atoms with E-state index in [1.54, 1.807) is 23.5 Å². The maximum atomic E-state index is 13.4. The van der Waals surface area contributed by atoms with Gasteiger partial charge in [-0.1, -0.05) is 31.5 Å². The van der Waals surface area contributed by atoms with Crippen LogP contribution in [0.2, 0.25) is 5.02 Å². The van der Waals surface area contributed by atoms with Gasteiger partial charge in [-0.05, 0) is 36.5 Å². The predicted molar refractivity (Wildman–Crippen MR) is 85.6 cm³/mol. The molecule has 1 heterocycles. The summed E-state index contributed by atoms with van der Waals surface area (Å²) in [6, 6.07) is 5.44. The number of rotatable bonds is 5. The summed E-state index contributed by atoms with van der Waals surface area (Å²) in [7, 11) is 0. The van der Waals surface area contributed by atoms with Crippen LogP contribution in [0.15, 0.2) is 23.6 Å². The molecule has 0 saturated heterocycles. The second-order valence-electron chi connectivity index (χ2n) is 5.81. The van der Waals surface area contributed by atoms with Crippen molar-refractivity contribution in [3.63, 3.8) is 0 Å². The topological polar surface area (TPSA) is 24.9 Å². The van der Waals surface area contributed by atoms with Crippen molar-refractivity contribution in [1.29, 1.82) is 0 Å². The molecule has 2 nitrogen and oxygen atoms in total. The third-order valence-electron chi connectivity index (χ3n) is 3.63. The Morgan fingerprint density at radius 3 is 2.71 bits per heavy atom. The van der Waals surface area contributed by atoms with E-state index in [0.717, 1.165) is 16.3 Å². The van der Waals surface area contributed by atoms with Crippen LogP contribution in [0.25, 0.3) is 0 Å². The summed E-state index contributed by atoms with van der Waals surface area (Å²) in [5.74, 6) is 0.0287. The van der Waals surface area contributed by atoms with Crippen LogP contribution in [0.4, 0.5) is 4.39 Å². The molecule has 0 amide bonds. The lowest BCUT2D eigenvalue weighted by molar-refractivity contribution is 0.590. The molecule has 3 rings (SSSR count). The van der Waals surface area contributed by atoms with Gasteiger partial charge in [-0.3, -0.25) is 0 Å². The first-order valence-corrected chi connectivity index (χ1v) is 8.46. The molecule has 2 aromatic rings. The van der Waals surface area contributed by atoms with E-state index < -0.39 is 0 Å². The lowest BCUT2D eigenvalue weighted by Gasteiger charge is -2.17. The summed E-state index contributed by atoms with van der Waals surface area (Å²) in [5, 5.41) is 6.88. The Labute approximate surface area is 133 Å². The first-order valence-electron chi connectivity index (χ1n) is 7.21. The summed E-state index contributed by atoms with van der Waals surface area (Å²) in [6.07, 6.45) is 2.38. The van der Waals surface area contributed by atoms with Crippen LogP contribution in [0, 0.1) is 5.82 Å². The minimum absolute atomic E-state index is 0.00639. The average molecular weight is 325 g/mol. The van der Waals surface area contributed by atoms with Crippen molar-refractivity contribution in [2.24, 2.45) is 0 Å². The lowest BCUT2D eigenvalue weighted by atomic mass is 10.1. The molecule has 0 bridgehead atoms. The van der Waals surface area contributed by atoms with Crippen molar-refractivity contribution in [2.75, 3.05) is 0 Å². The van der Waals surface area contributed by atoms with Gasteiger partial charge in [0, 0.05) is 11.4 Å². The third kappa shape index (κ3) is 3.44. The van der Waals surface area contributed by atoms with E-state index in [1.165, 1.54) is 18.9 Å². The Bertz CT molecular complexity index is 637. The zero-order valence-electron chi connectivity index (χ0n) is 12.1. The second-order valence-corrected chi connectivity index (χ2v) is 7.11. The van der Waals surface area contributed by atoms with Crippen LogP contribution in [0.1, 0.15) is 54.9 Å².